The predicted octanol–water partition coefficient (Wildman–Crippen LogP) is 3.42. The van der Waals surface area contributed by atoms with E-state index in [1.807, 2.05) is 30.2 Å². The molecule has 3 aromatic rings. The number of nitrogens with one attached hydrogen (secondary N) is 1. The molecule has 156 valence electrons. The third-order valence-electron chi connectivity index (χ3n) is 6.84. The number of aromatic amines is 1. The fraction of sp³-hybridized carbons (Fsp3) is 0.333. The van der Waals surface area contributed by atoms with Crippen molar-refractivity contribution < 1.29 is 4.79 Å². The van der Waals surface area contributed by atoms with Crippen molar-refractivity contribution in [1.82, 2.24) is 20.1 Å². The van der Waals surface area contributed by atoms with E-state index in [1.54, 1.807) is 12.4 Å². The van der Waals surface area contributed by atoms with Gasteiger partial charge in [0.15, 0.2) is 0 Å². The van der Waals surface area contributed by atoms with E-state index in [2.05, 4.69) is 32.7 Å². The molecule has 0 unspecified atom stereocenters. The molecule has 0 radical (unpaired) electrons. The fourth-order valence-electron chi connectivity index (χ4n) is 5.07. The van der Waals surface area contributed by atoms with Crippen LogP contribution in [0, 0.1) is 23.7 Å². The van der Waals surface area contributed by atoms with Crippen LogP contribution in [0.4, 0.5) is 5.69 Å². The Morgan fingerprint density at radius 1 is 1.26 bits per heavy atom. The van der Waals surface area contributed by atoms with E-state index >= 15 is 0 Å². The number of benzene rings is 1. The Kier molecular flexibility index (Phi) is 4.51. The summed E-state index contributed by atoms with van der Waals surface area (Å²) < 4.78 is 0. The molecule has 1 amide bonds. The van der Waals surface area contributed by atoms with Crippen molar-refractivity contribution in [3.05, 3.63) is 54.5 Å². The minimum atomic E-state index is 0.0144. The predicted molar refractivity (Wildman–Crippen MR) is 119 cm³/mol. The number of fused-ring (bicyclic) bond motifs is 1. The zero-order chi connectivity index (χ0) is 21.6. The Labute approximate surface area is 181 Å². The zero-order valence-electron chi connectivity index (χ0n) is 17.6. The van der Waals surface area contributed by atoms with Gasteiger partial charge in [0.05, 0.1) is 29.2 Å². The van der Waals surface area contributed by atoms with Crippen molar-refractivity contribution in [3.8, 4) is 17.2 Å². The maximum atomic E-state index is 11.8. The summed E-state index contributed by atoms with van der Waals surface area (Å²) in [6.07, 6.45) is 8.79. The molecule has 2 aliphatic rings. The molecule has 2 saturated heterocycles. The number of amides is 1. The Balaban J connectivity index is 1.44. The highest BCUT2D eigenvalue weighted by molar-refractivity contribution is 5.98. The number of pyridine rings is 1. The van der Waals surface area contributed by atoms with Gasteiger partial charge in [0.25, 0.3) is 0 Å². The monoisotopic (exact) mass is 412 g/mol. The average molecular weight is 412 g/mol. The lowest BCUT2D eigenvalue weighted by Crippen LogP contribution is -2.61. The van der Waals surface area contributed by atoms with Crippen molar-refractivity contribution in [3.63, 3.8) is 0 Å². The third-order valence-corrected chi connectivity index (χ3v) is 6.84. The smallest absolute Gasteiger partial charge is 0.245 e. The van der Waals surface area contributed by atoms with Crippen LogP contribution in [0.3, 0.4) is 0 Å². The average Bonchev–Trinajstić information content (AvgIpc) is 3.25. The Bertz CT molecular complexity index is 1220. The number of hydrogen-bond acceptors (Lipinski definition) is 5. The molecule has 0 aliphatic carbocycles. The summed E-state index contributed by atoms with van der Waals surface area (Å²) in [4.78, 5) is 20.4. The number of carbonyl (C=O) groups is 1. The number of H-pyrrole nitrogens is 1. The first-order valence-corrected chi connectivity index (χ1v) is 10.5. The molecule has 1 N–H and O–H groups in total. The van der Waals surface area contributed by atoms with Crippen LogP contribution in [0.5, 0.6) is 0 Å². The molecule has 2 aromatic heterocycles. The van der Waals surface area contributed by atoms with Gasteiger partial charge in [-0.15, -0.1) is 0 Å². The van der Waals surface area contributed by atoms with Crippen LogP contribution in [-0.4, -0.2) is 52.2 Å². The number of carbonyl (C=O) groups excluding carboxylic acids is 1. The molecule has 0 saturated carbocycles. The molecule has 2 fully saturated rings. The van der Waals surface area contributed by atoms with E-state index in [-0.39, 0.29) is 11.3 Å². The first-order chi connectivity index (χ1) is 15.0. The van der Waals surface area contributed by atoms with Crippen LogP contribution in [0.1, 0.15) is 24.0 Å². The second-order valence-corrected chi connectivity index (χ2v) is 8.67. The van der Waals surface area contributed by atoms with Crippen molar-refractivity contribution >= 4 is 22.5 Å². The molecule has 1 aromatic carbocycles. The maximum absolute atomic E-state index is 11.8. The molecule has 1 spiro atoms. The van der Waals surface area contributed by atoms with Crippen LogP contribution in [0.2, 0.25) is 0 Å². The second kappa shape index (κ2) is 7.24. The molecule has 7 nitrogen and oxygen atoms in total. The van der Waals surface area contributed by atoms with Crippen molar-refractivity contribution in [2.75, 3.05) is 31.1 Å². The van der Waals surface area contributed by atoms with Crippen LogP contribution < -0.4 is 4.90 Å². The third kappa shape index (κ3) is 3.07. The van der Waals surface area contributed by atoms with Crippen molar-refractivity contribution in [2.24, 2.45) is 5.41 Å². The number of nitriles is 1. The van der Waals surface area contributed by atoms with Gasteiger partial charge >= 0.3 is 0 Å². The highest BCUT2D eigenvalue weighted by atomic mass is 16.2. The molecule has 4 heterocycles. The molecular formula is C24H24N6O. The Hall–Kier alpha value is -3.66. The van der Waals surface area contributed by atoms with Gasteiger partial charge in [0.1, 0.15) is 6.07 Å². The summed E-state index contributed by atoms with van der Waals surface area (Å²) in [6.45, 7) is 8.94. The number of rotatable bonds is 3. The number of piperidine rings is 1. The minimum Gasteiger partial charge on any atom is -0.369 e. The topological polar surface area (TPSA) is 88.9 Å². The maximum Gasteiger partial charge on any atom is 0.245 e. The lowest BCUT2D eigenvalue weighted by molar-refractivity contribution is -0.139. The van der Waals surface area contributed by atoms with Crippen molar-refractivity contribution in [1.29, 1.82) is 5.26 Å². The SMILES string of the molecule is C=CC(=O)N1CC2(CCN(c3cncc(-c4c(C)ccc5[nH]ncc45)c3C#N)CC2)C1. The summed E-state index contributed by atoms with van der Waals surface area (Å²) in [6, 6.07) is 6.50. The highest BCUT2D eigenvalue weighted by Crippen LogP contribution is 2.43. The minimum absolute atomic E-state index is 0.0144. The number of aryl methyl sites for hydroxylation is 1. The van der Waals surface area contributed by atoms with Gasteiger partial charge in [-0.3, -0.25) is 14.9 Å². The van der Waals surface area contributed by atoms with E-state index in [0.717, 1.165) is 72.3 Å². The summed E-state index contributed by atoms with van der Waals surface area (Å²) in [5, 5.41) is 18.3. The van der Waals surface area contributed by atoms with E-state index in [0.29, 0.717) is 5.56 Å². The molecule has 31 heavy (non-hydrogen) atoms. The quantitative estimate of drug-likeness (QED) is 0.666. The molecule has 2 aliphatic heterocycles. The van der Waals surface area contributed by atoms with Gasteiger partial charge in [0, 0.05) is 48.7 Å². The van der Waals surface area contributed by atoms with Crippen LogP contribution in [0.15, 0.2) is 43.4 Å². The lowest BCUT2D eigenvalue weighted by Gasteiger charge is -2.54. The van der Waals surface area contributed by atoms with Gasteiger partial charge in [0.2, 0.25) is 5.91 Å². The summed E-state index contributed by atoms with van der Waals surface area (Å²) >= 11 is 0. The highest BCUT2D eigenvalue weighted by Gasteiger charge is 2.46. The lowest BCUT2D eigenvalue weighted by atomic mass is 9.72. The Morgan fingerprint density at radius 3 is 2.74 bits per heavy atom. The molecule has 0 bridgehead atoms. The van der Waals surface area contributed by atoms with Crippen LogP contribution in [0.25, 0.3) is 22.0 Å². The van der Waals surface area contributed by atoms with E-state index in [9.17, 15) is 10.1 Å². The molecule has 0 atom stereocenters. The van der Waals surface area contributed by atoms with E-state index < -0.39 is 0 Å². The van der Waals surface area contributed by atoms with E-state index in [1.165, 1.54) is 6.08 Å². The van der Waals surface area contributed by atoms with Gasteiger partial charge in [-0.25, -0.2) is 0 Å². The number of aromatic nitrogens is 3. The van der Waals surface area contributed by atoms with Crippen molar-refractivity contribution in [2.45, 2.75) is 19.8 Å². The summed E-state index contributed by atoms with van der Waals surface area (Å²) in [5.41, 5.74) is 5.61. The number of hydrogen-bond donors (Lipinski definition) is 1. The van der Waals surface area contributed by atoms with Gasteiger partial charge in [-0.1, -0.05) is 12.6 Å². The first-order valence-electron chi connectivity index (χ1n) is 10.5. The number of likely N-dealkylation sites (tertiary alicyclic amines) is 1. The molecular weight excluding hydrogens is 388 g/mol. The van der Waals surface area contributed by atoms with E-state index in [4.69, 9.17) is 0 Å². The molecule has 5 rings (SSSR count). The van der Waals surface area contributed by atoms with Gasteiger partial charge in [-0.2, -0.15) is 10.4 Å². The summed E-state index contributed by atoms with van der Waals surface area (Å²) in [7, 11) is 0. The first kappa shape index (κ1) is 19.3. The normalized spacial score (nSPS) is 17.4. The van der Waals surface area contributed by atoms with Gasteiger partial charge in [-0.05, 0) is 43.0 Å². The molecule has 7 heteroatoms. The fourth-order valence-corrected chi connectivity index (χ4v) is 5.07. The van der Waals surface area contributed by atoms with Crippen LogP contribution >= 0.6 is 0 Å². The number of anilines is 1. The second-order valence-electron chi connectivity index (χ2n) is 8.67. The zero-order valence-corrected chi connectivity index (χ0v) is 17.6. The van der Waals surface area contributed by atoms with Crippen LogP contribution in [-0.2, 0) is 4.79 Å². The largest absolute Gasteiger partial charge is 0.369 e. The number of nitrogens with zero attached hydrogens (tertiary/aromatic N) is 5. The standard InChI is InChI=1S/C24H24N6O/c1-3-22(31)30-14-24(15-30)6-8-29(9-7-24)21-13-26-11-18(17(21)10-25)23-16(2)4-5-20-19(23)12-27-28-20/h3-5,11-13H,1,6-9,14-15H2,2H3,(H,27,28). The van der Waals surface area contributed by atoms with Gasteiger partial charge < -0.3 is 9.80 Å². The summed E-state index contributed by atoms with van der Waals surface area (Å²) in [5.74, 6) is 0.0144. The Morgan fingerprint density at radius 2 is 2.03 bits per heavy atom.